The van der Waals surface area contributed by atoms with Gasteiger partial charge in [0, 0.05) is 40.8 Å². The summed E-state index contributed by atoms with van der Waals surface area (Å²) < 4.78 is 0. The number of aromatic amines is 2. The second-order valence-electron chi connectivity index (χ2n) is 6.39. The molecule has 0 aliphatic carbocycles. The number of nitrogens with zero attached hydrogens (tertiary/aromatic N) is 4. The zero-order valence-electron chi connectivity index (χ0n) is 14.6. The van der Waals surface area contributed by atoms with E-state index in [1.165, 1.54) is 0 Å². The van der Waals surface area contributed by atoms with Crippen molar-refractivity contribution in [3.8, 4) is 33.6 Å². The van der Waals surface area contributed by atoms with Crippen molar-refractivity contribution in [2.45, 2.75) is 6.92 Å². The molecular weight excluding hydrogens is 336 g/mol. The minimum atomic E-state index is 0.840. The lowest BCUT2D eigenvalue weighted by Crippen LogP contribution is -1.89. The lowest BCUT2D eigenvalue weighted by Gasteiger charge is -2.08. The minimum Gasteiger partial charge on any atom is -0.285 e. The van der Waals surface area contributed by atoms with Crippen molar-refractivity contribution in [3.05, 3.63) is 72.9 Å². The van der Waals surface area contributed by atoms with Gasteiger partial charge >= 0.3 is 0 Å². The first-order valence-corrected chi connectivity index (χ1v) is 8.66. The predicted octanol–water partition coefficient (Wildman–Crippen LogP) is 4.39. The zero-order chi connectivity index (χ0) is 18.2. The molecular formula is C21H16N6. The second kappa shape index (κ2) is 6.17. The van der Waals surface area contributed by atoms with E-state index in [1.54, 1.807) is 0 Å². The average Bonchev–Trinajstić information content (AvgIpc) is 3.39. The van der Waals surface area contributed by atoms with Crippen LogP contribution in [-0.2, 0) is 0 Å². The molecule has 0 saturated heterocycles. The van der Waals surface area contributed by atoms with Crippen molar-refractivity contribution in [2.75, 3.05) is 0 Å². The monoisotopic (exact) mass is 352 g/mol. The molecule has 130 valence electrons. The molecule has 27 heavy (non-hydrogen) atoms. The van der Waals surface area contributed by atoms with E-state index in [0.717, 1.165) is 50.2 Å². The Kier molecular flexibility index (Phi) is 3.53. The van der Waals surface area contributed by atoms with Crippen LogP contribution in [-0.4, -0.2) is 30.4 Å². The van der Waals surface area contributed by atoms with Gasteiger partial charge in [-0.2, -0.15) is 10.2 Å². The van der Waals surface area contributed by atoms with Crippen LogP contribution >= 0.6 is 0 Å². The third kappa shape index (κ3) is 2.67. The van der Waals surface area contributed by atoms with Gasteiger partial charge in [-0.25, -0.2) is 0 Å². The minimum absolute atomic E-state index is 0.840. The van der Waals surface area contributed by atoms with E-state index >= 15 is 0 Å². The van der Waals surface area contributed by atoms with Gasteiger partial charge in [0.25, 0.3) is 0 Å². The summed E-state index contributed by atoms with van der Waals surface area (Å²) in [6.45, 7) is 1.98. The maximum atomic E-state index is 4.62. The van der Waals surface area contributed by atoms with Gasteiger partial charge in [0.05, 0.1) is 17.4 Å². The van der Waals surface area contributed by atoms with E-state index in [2.05, 4.69) is 42.5 Å². The molecule has 6 nitrogen and oxygen atoms in total. The summed E-state index contributed by atoms with van der Waals surface area (Å²) in [5.41, 5.74) is 7.80. The molecule has 0 bridgehead atoms. The summed E-state index contributed by atoms with van der Waals surface area (Å²) in [5.74, 6) is 0. The molecule has 0 fully saturated rings. The van der Waals surface area contributed by atoms with E-state index in [0.29, 0.717) is 0 Å². The summed E-state index contributed by atoms with van der Waals surface area (Å²) >= 11 is 0. The average molecular weight is 352 g/mol. The Morgan fingerprint density at radius 1 is 0.889 bits per heavy atom. The molecule has 2 N–H and O–H groups in total. The fourth-order valence-corrected chi connectivity index (χ4v) is 3.34. The number of aryl methyl sites for hydroxylation is 1. The van der Waals surface area contributed by atoms with Gasteiger partial charge in [-0.15, -0.1) is 0 Å². The van der Waals surface area contributed by atoms with Gasteiger partial charge in [-0.1, -0.05) is 12.1 Å². The van der Waals surface area contributed by atoms with Crippen LogP contribution in [0, 0.1) is 6.92 Å². The van der Waals surface area contributed by atoms with Gasteiger partial charge in [-0.05, 0) is 48.4 Å². The third-order valence-electron chi connectivity index (χ3n) is 4.63. The van der Waals surface area contributed by atoms with Crippen LogP contribution in [0.4, 0.5) is 0 Å². The topological polar surface area (TPSA) is 83.1 Å². The number of benzene rings is 1. The Morgan fingerprint density at radius 3 is 2.70 bits per heavy atom. The highest BCUT2D eigenvalue weighted by molar-refractivity contribution is 5.97. The van der Waals surface area contributed by atoms with Gasteiger partial charge < -0.3 is 0 Å². The standard InChI is InChI=1S/C21H16N6/c1-13-3-2-4-20(26-13)21-18(12-25-27-21)14-5-6-19-17(9-14)16(7-8-22-19)15-10-23-24-11-15/h2-12H,1H3,(H,23,24)(H,25,27). The third-order valence-corrected chi connectivity index (χ3v) is 4.63. The SMILES string of the molecule is Cc1cccc(-c2n[nH]cc2-c2ccc3nccc(-c4cn[nH]c4)c3c2)n1. The van der Waals surface area contributed by atoms with Crippen molar-refractivity contribution >= 4 is 10.9 Å². The highest BCUT2D eigenvalue weighted by Crippen LogP contribution is 2.34. The van der Waals surface area contributed by atoms with Gasteiger partial charge in [0.1, 0.15) is 5.69 Å². The normalized spacial score (nSPS) is 11.1. The number of aromatic nitrogens is 6. The maximum absolute atomic E-state index is 4.62. The van der Waals surface area contributed by atoms with Crippen LogP contribution in [0.1, 0.15) is 5.69 Å². The Hall–Kier alpha value is -3.80. The highest BCUT2D eigenvalue weighted by Gasteiger charge is 2.14. The summed E-state index contributed by atoms with van der Waals surface area (Å²) in [4.78, 5) is 9.12. The van der Waals surface area contributed by atoms with E-state index in [-0.39, 0.29) is 0 Å². The smallest absolute Gasteiger partial charge is 0.118 e. The van der Waals surface area contributed by atoms with Crippen LogP contribution in [0.5, 0.6) is 0 Å². The van der Waals surface area contributed by atoms with Gasteiger partial charge in [0.15, 0.2) is 0 Å². The van der Waals surface area contributed by atoms with Gasteiger partial charge in [-0.3, -0.25) is 20.2 Å². The molecule has 1 aromatic carbocycles. The molecule has 0 saturated carbocycles. The van der Waals surface area contributed by atoms with Crippen LogP contribution in [0.3, 0.4) is 0 Å². The van der Waals surface area contributed by atoms with E-state index in [4.69, 9.17) is 0 Å². The summed E-state index contributed by atoms with van der Waals surface area (Å²) in [6.07, 6.45) is 7.45. The molecule has 5 rings (SSSR count). The Morgan fingerprint density at radius 2 is 1.85 bits per heavy atom. The van der Waals surface area contributed by atoms with Gasteiger partial charge in [0.2, 0.25) is 0 Å². The number of hydrogen-bond donors (Lipinski definition) is 2. The Labute approximate surface area is 155 Å². The molecule has 0 atom stereocenters. The van der Waals surface area contributed by atoms with Crippen LogP contribution < -0.4 is 0 Å². The summed E-state index contributed by atoms with van der Waals surface area (Å²) in [5, 5.41) is 15.4. The van der Waals surface area contributed by atoms with Crippen LogP contribution in [0.2, 0.25) is 0 Å². The number of fused-ring (bicyclic) bond motifs is 1. The van der Waals surface area contributed by atoms with Crippen LogP contribution in [0.25, 0.3) is 44.5 Å². The second-order valence-corrected chi connectivity index (χ2v) is 6.39. The van der Waals surface area contributed by atoms with E-state index in [1.807, 2.05) is 62.0 Å². The van der Waals surface area contributed by atoms with Crippen molar-refractivity contribution in [3.63, 3.8) is 0 Å². The molecule has 4 aromatic heterocycles. The Balaban J connectivity index is 1.69. The fraction of sp³-hybridized carbons (Fsp3) is 0.0476. The number of H-pyrrole nitrogens is 2. The first-order valence-electron chi connectivity index (χ1n) is 8.66. The predicted molar refractivity (Wildman–Crippen MR) is 105 cm³/mol. The quantitative estimate of drug-likeness (QED) is 0.504. The summed E-state index contributed by atoms with van der Waals surface area (Å²) in [7, 11) is 0. The van der Waals surface area contributed by atoms with Crippen LogP contribution in [0.15, 0.2) is 67.3 Å². The number of pyridine rings is 2. The van der Waals surface area contributed by atoms with E-state index < -0.39 is 0 Å². The molecule has 0 aliphatic rings. The van der Waals surface area contributed by atoms with Crippen molar-refractivity contribution in [1.82, 2.24) is 30.4 Å². The molecule has 4 heterocycles. The fourth-order valence-electron chi connectivity index (χ4n) is 3.34. The largest absolute Gasteiger partial charge is 0.285 e. The molecule has 0 unspecified atom stereocenters. The van der Waals surface area contributed by atoms with Crippen molar-refractivity contribution in [1.29, 1.82) is 0 Å². The number of hydrogen-bond acceptors (Lipinski definition) is 4. The highest BCUT2D eigenvalue weighted by atomic mass is 15.1. The van der Waals surface area contributed by atoms with Crippen molar-refractivity contribution in [2.24, 2.45) is 0 Å². The lowest BCUT2D eigenvalue weighted by molar-refractivity contribution is 1.08. The lowest BCUT2D eigenvalue weighted by atomic mass is 9.98. The molecule has 0 radical (unpaired) electrons. The number of rotatable bonds is 3. The molecule has 0 aliphatic heterocycles. The molecule has 0 spiro atoms. The van der Waals surface area contributed by atoms with Crippen molar-refractivity contribution < 1.29 is 0 Å². The Bertz CT molecular complexity index is 1240. The number of nitrogens with one attached hydrogen (secondary N) is 2. The first-order chi connectivity index (χ1) is 13.3. The van der Waals surface area contributed by atoms with E-state index in [9.17, 15) is 0 Å². The maximum Gasteiger partial charge on any atom is 0.118 e. The molecule has 5 aromatic rings. The molecule has 6 heteroatoms. The summed E-state index contributed by atoms with van der Waals surface area (Å²) in [6, 6.07) is 14.2. The first kappa shape index (κ1) is 15.5. The zero-order valence-corrected chi connectivity index (χ0v) is 14.6. The molecule has 0 amide bonds.